The predicted molar refractivity (Wildman–Crippen MR) is 45.2 cm³/mol. The van der Waals surface area contributed by atoms with Crippen LogP contribution in [0.1, 0.15) is 47.5 Å². The van der Waals surface area contributed by atoms with Crippen LogP contribution in [0.3, 0.4) is 0 Å². The van der Waals surface area contributed by atoms with Gasteiger partial charge in [0.15, 0.2) is 0 Å². The van der Waals surface area contributed by atoms with E-state index in [1.54, 1.807) is 0 Å². The van der Waals surface area contributed by atoms with Crippen LogP contribution in [-0.4, -0.2) is 11.7 Å². The molecule has 0 aliphatic carbocycles. The molecule has 1 unspecified atom stereocenters. The summed E-state index contributed by atoms with van der Waals surface area (Å²) in [6.07, 6.45) is 2.94. The van der Waals surface area contributed by atoms with Gasteiger partial charge in [0, 0.05) is 0 Å². The number of hydrogen-bond acceptors (Lipinski definition) is 1. The van der Waals surface area contributed by atoms with Crippen molar-refractivity contribution < 1.29 is 4.74 Å². The maximum atomic E-state index is 5.55. The average molecular weight is 144 g/mol. The fraction of sp³-hybridized carbons (Fsp3) is 1.00. The maximum absolute atomic E-state index is 5.55. The molecule has 0 N–H and O–H groups in total. The molecule has 1 heterocycles. The molecule has 1 fully saturated rings. The monoisotopic (exact) mass is 144 g/mol. The molecule has 0 bridgehead atoms. The van der Waals surface area contributed by atoms with E-state index in [0.29, 0.717) is 6.10 Å². The highest BCUT2D eigenvalue weighted by Gasteiger charge is 2.28. The van der Waals surface area contributed by atoms with E-state index < -0.39 is 0 Å². The summed E-state index contributed by atoms with van der Waals surface area (Å²) in [4.78, 5) is 0. The fourth-order valence-corrected chi connectivity index (χ4v) is 1.21. The van der Waals surface area contributed by atoms with Gasteiger partial charge >= 0.3 is 0 Å². The zero-order valence-electron chi connectivity index (χ0n) is 7.90. The second-order valence-electron chi connectivity index (χ2n) is 3.23. The smallest absolute Gasteiger partial charge is 0.0631 e. The molecule has 62 valence electrons. The largest absolute Gasteiger partial charge is 0.373 e. The topological polar surface area (TPSA) is 9.23 Å². The minimum Gasteiger partial charge on any atom is -0.373 e. The number of ether oxygens (including phenoxy) is 1. The molecule has 1 heteroatoms. The quantitative estimate of drug-likeness (QED) is 0.508. The first-order valence-corrected chi connectivity index (χ1v) is 4.28. The van der Waals surface area contributed by atoms with Crippen LogP contribution in [0, 0.1) is 0 Å². The van der Waals surface area contributed by atoms with Gasteiger partial charge in [-0.1, -0.05) is 13.8 Å². The SMILES string of the molecule is CC.CC1CCC(C)(C)O1. The molecule has 0 aromatic rings. The Kier molecular flexibility index (Phi) is 3.95. The summed E-state index contributed by atoms with van der Waals surface area (Å²) in [5, 5.41) is 0. The Morgan fingerprint density at radius 1 is 1.30 bits per heavy atom. The molecule has 0 aromatic carbocycles. The molecule has 1 rings (SSSR count). The van der Waals surface area contributed by atoms with Gasteiger partial charge in [-0.2, -0.15) is 0 Å². The van der Waals surface area contributed by atoms with E-state index in [4.69, 9.17) is 4.74 Å². The molecule has 1 aliphatic heterocycles. The van der Waals surface area contributed by atoms with Crippen LogP contribution in [0.2, 0.25) is 0 Å². The summed E-state index contributed by atoms with van der Waals surface area (Å²) in [6, 6.07) is 0. The van der Waals surface area contributed by atoms with Crippen LogP contribution in [0.4, 0.5) is 0 Å². The normalized spacial score (nSPS) is 29.1. The maximum Gasteiger partial charge on any atom is 0.0631 e. The van der Waals surface area contributed by atoms with Gasteiger partial charge in [0.25, 0.3) is 0 Å². The van der Waals surface area contributed by atoms with Crippen molar-refractivity contribution >= 4 is 0 Å². The third kappa shape index (κ3) is 3.21. The highest BCUT2D eigenvalue weighted by Crippen LogP contribution is 2.28. The summed E-state index contributed by atoms with van der Waals surface area (Å²) in [6.45, 7) is 10.4. The first-order chi connectivity index (χ1) is 4.60. The number of rotatable bonds is 0. The first kappa shape index (κ1) is 9.96. The van der Waals surface area contributed by atoms with E-state index in [1.807, 2.05) is 13.8 Å². The molecule has 0 radical (unpaired) electrons. The zero-order chi connectivity index (χ0) is 8.20. The minimum atomic E-state index is 0.166. The Balaban J connectivity index is 0.000000371. The van der Waals surface area contributed by atoms with Gasteiger partial charge in [0.1, 0.15) is 0 Å². The van der Waals surface area contributed by atoms with Crippen molar-refractivity contribution in [1.29, 1.82) is 0 Å². The Morgan fingerprint density at radius 2 is 1.80 bits per heavy atom. The lowest BCUT2D eigenvalue weighted by molar-refractivity contribution is -0.00669. The Hall–Kier alpha value is -0.0400. The fourth-order valence-electron chi connectivity index (χ4n) is 1.21. The van der Waals surface area contributed by atoms with Crippen molar-refractivity contribution in [2.24, 2.45) is 0 Å². The van der Waals surface area contributed by atoms with Gasteiger partial charge in [0.2, 0.25) is 0 Å². The van der Waals surface area contributed by atoms with E-state index in [0.717, 1.165) is 0 Å². The highest BCUT2D eigenvalue weighted by molar-refractivity contribution is 4.77. The summed E-state index contributed by atoms with van der Waals surface area (Å²) >= 11 is 0. The van der Waals surface area contributed by atoms with E-state index in [9.17, 15) is 0 Å². The van der Waals surface area contributed by atoms with Crippen molar-refractivity contribution in [2.45, 2.75) is 59.2 Å². The van der Waals surface area contributed by atoms with Gasteiger partial charge in [-0.15, -0.1) is 0 Å². The lowest BCUT2D eigenvalue weighted by Crippen LogP contribution is -2.18. The summed E-state index contributed by atoms with van der Waals surface area (Å²) in [7, 11) is 0. The van der Waals surface area contributed by atoms with E-state index in [2.05, 4.69) is 20.8 Å². The summed E-state index contributed by atoms with van der Waals surface area (Å²) in [5.41, 5.74) is 0.166. The standard InChI is InChI=1S/C7H14O.C2H6/c1-6-4-5-7(2,3)8-6;1-2/h6H,4-5H2,1-3H3;1-2H3. The van der Waals surface area contributed by atoms with Gasteiger partial charge < -0.3 is 4.74 Å². The van der Waals surface area contributed by atoms with Crippen LogP contribution in [-0.2, 0) is 4.74 Å². The zero-order valence-corrected chi connectivity index (χ0v) is 7.90. The minimum absolute atomic E-state index is 0.166. The third-order valence-corrected chi connectivity index (χ3v) is 1.67. The van der Waals surface area contributed by atoms with Crippen LogP contribution >= 0.6 is 0 Å². The molecule has 1 aliphatic rings. The molecular formula is C9H20O. The van der Waals surface area contributed by atoms with E-state index >= 15 is 0 Å². The van der Waals surface area contributed by atoms with Crippen LogP contribution in [0.5, 0.6) is 0 Å². The van der Waals surface area contributed by atoms with Crippen molar-refractivity contribution in [1.82, 2.24) is 0 Å². The van der Waals surface area contributed by atoms with Crippen molar-refractivity contribution in [3.8, 4) is 0 Å². The lowest BCUT2D eigenvalue weighted by atomic mass is 10.1. The average Bonchev–Trinajstić information content (AvgIpc) is 2.15. The van der Waals surface area contributed by atoms with E-state index in [1.165, 1.54) is 12.8 Å². The summed E-state index contributed by atoms with van der Waals surface area (Å²) in [5.74, 6) is 0. The Bertz CT molecular complexity index is 86.7. The number of hydrogen-bond donors (Lipinski definition) is 0. The Labute approximate surface area is 64.8 Å². The van der Waals surface area contributed by atoms with Crippen LogP contribution in [0.25, 0.3) is 0 Å². The van der Waals surface area contributed by atoms with Crippen molar-refractivity contribution in [3.63, 3.8) is 0 Å². The molecule has 0 amide bonds. The molecule has 1 nitrogen and oxygen atoms in total. The second-order valence-corrected chi connectivity index (χ2v) is 3.23. The molecule has 0 spiro atoms. The van der Waals surface area contributed by atoms with Gasteiger partial charge in [-0.05, 0) is 33.6 Å². The third-order valence-electron chi connectivity index (χ3n) is 1.67. The molecular weight excluding hydrogens is 124 g/mol. The molecule has 10 heavy (non-hydrogen) atoms. The van der Waals surface area contributed by atoms with Crippen molar-refractivity contribution in [2.75, 3.05) is 0 Å². The van der Waals surface area contributed by atoms with Gasteiger partial charge in [-0.3, -0.25) is 0 Å². The first-order valence-electron chi connectivity index (χ1n) is 4.28. The predicted octanol–water partition coefficient (Wildman–Crippen LogP) is 2.99. The molecule has 1 saturated heterocycles. The molecule has 0 aromatic heterocycles. The Morgan fingerprint density at radius 3 is 1.90 bits per heavy atom. The second kappa shape index (κ2) is 3.97. The van der Waals surface area contributed by atoms with Crippen molar-refractivity contribution in [3.05, 3.63) is 0 Å². The molecule has 0 saturated carbocycles. The van der Waals surface area contributed by atoms with Crippen LogP contribution < -0.4 is 0 Å². The van der Waals surface area contributed by atoms with Gasteiger partial charge in [-0.25, -0.2) is 0 Å². The highest BCUT2D eigenvalue weighted by atomic mass is 16.5. The van der Waals surface area contributed by atoms with Gasteiger partial charge in [0.05, 0.1) is 11.7 Å². The van der Waals surface area contributed by atoms with Crippen LogP contribution in [0.15, 0.2) is 0 Å². The molecule has 1 atom stereocenters. The van der Waals surface area contributed by atoms with E-state index in [-0.39, 0.29) is 5.60 Å². The summed E-state index contributed by atoms with van der Waals surface area (Å²) < 4.78 is 5.55. The lowest BCUT2D eigenvalue weighted by Gasteiger charge is -2.16.